The molecule has 1 aromatic carbocycles. The van der Waals surface area contributed by atoms with E-state index in [2.05, 4.69) is 4.98 Å². The summed E-state index contributed by atoms with van der Waals surface area (Å²) in [6, 6.07) is 5.98. The Labute approximate surface area is 118 Å². The number of nitro benzene ring substituents is 1. The van der Waals surface area contributed by atoms with Gasteiger partial charge in [0.25, 0.3) is 5.69 Å². The van der Waals surface area contributed by atoms with Gasteiger partial charge in [-0.15, -0.1) is 0 Å². The molecule has 4 atom stereocenters. The number of ether oxygens (including phenoxy) is 1. The second-order valence-corrected chi connectivity index (χ2v) is 5.01. The maximum Gasteiger partial charge on any atom is 0.270 e. The summed E-state index contributed by atoms with van der Waals surface area (Å²) in [7, 11) is 0. The fourth-order valence-corrected chi connectivity index (χ4v) is 2.57. The second-order valence-electron chi connectivity index (χ2n) is 5.01. The number of aliphatic hydroxyl groups is 3. The molecule has 0 unspecified atom stereocenters. The number of hydrogen-bond acceptors (Lipinski definition) is 6. The summed E-state index contributed by atoms with van der Waals surface area (Å²) in [5.74, 6) is 0. The molecule has 1 aliphatic rings. The summed E-state index contributed by atoms with van der Waals surface area (Å²) in [4.78, 5) is 13.3. The molecule has 0 spiro atoms. The van der Waals surface area contributed by atoms with E-state index in [0.29, 0.717) is 16.6 Å². The minimum atomic E-state index is -1.18. The predicted molar refractivity (Wildman–Crippen MR) is 71.7 cm³/mol. The van der Waals surface area contributed by atoms with E-state index in [1.165, 1.54) is 12.1 Å². The Balaban J connectivity index is 1.96. The van der Waals surface area contributed by atoms with Crippen molar-refractivity contribution < 1.29 is 25.0 Å². The number of aromatic amines is 1. The van der Waals surface area contributed by atoms with Crippen molar-refractivity contribution >= 4 is 16.6 Å². The van der Waals surface area contributed by atoms with Crippen LogP contribution in [0.2, 0.25) is 0 Å². The minimum Gasteiger partial charge on any atom is -0.394 e. The fourth-order valence-electron chi connectivity index (χ4n) is 2.57. The SMILES string of the molecule is O=[N+]([O-])c1ccc2[nH]c([C@@H]3O[C@H](CO)[C@@H](O)[C@H]3O)cc2c1. The molecule has 0 amide bonds. The van der Waals surface area contributed by atoms with E-state index in [1.54, 1.807) is 12.1 Å². The van der Waals surface area contributed by atoms with E-state index in [1.807, 2.05) is 0 Å². The van der Waals surface area contributed by atoms with Crippen molar-refractivity contribution in [3.8, 4) is 0 Å². The van der Waals surface area contributed by atoms with Gasteiger partial charge in [-0.25, -0.2) is 0 Å². The van der Waals surface area contributed by atoms with Crippen molar-refractivity contribution in [3.05, 3.63) is 40.1 Å². The van der Waals surface area contributed by atoms with Crippen LogP contribution < -0.4 is 0 Å². The lowest BCUT2D eigenvalue weighted by atomic mass is 10.1. The van der Waals surface area contributed by atoms with Gasteiger partial charge in [-0.05, 0) is 12.1 Å². The Hall–Kier alpha value is -2.00. The van der Waals surface area contributed by atoms with Gasteiger partial charge in [0.2, 0.25) is 0 Å². The monoisotopic (exact) mass is 294 g/mol. The molecule has 0 radical (unpaired) electrons. The van der Waals surface area contributed by atoms with Crippen molar-refractivity contribution in [1.82, 2.24) is 4.98 Å². The zero-order valence-corrected chi connectivity index (χ0v) is 10.8. The van der Waals surface area contributed by atoms with Gasteiger partial charge in [0, 0.05) is 28.7 Å². The molecule has 8 heteroatoms. The highest BCUT2D eigenvalue weighted by Crippen LogP contribution is 2.35. The third-order valence-electron chi connectivity index (χ3n) is 3.68. The van der Waals surface area contributed by atoms with E-state index in [9.17, 15) is 20.3 Å². The summed E-state index contributed by atoms with van der Waals surface area (Å²) in [5, 5.41) is 40.1. The van der Waals surface area contributed by atoms with Crippen LogP contribution in [0.5, 0.6) is 0 Å². The largest absolute Gasteiger partial charge is 0.394 e. The van der Waals surface area contributed by atoms with Crippen molar-refractivity contribution in [2.45, 2.75) is 24.4 Å². The van der Waals surface area contributed by atoms with E-state index < -0.39 is 35.9 Å². The molecule has 2 heterocycles. The number of aliphatic hydroxyl groups excluding tert-OH is 3. The van der Waals surface area contributed by atoms with Crippen LogP contribution in [-0.4, -0.2) is 50.1 Å². The number of H-pyrrole nitrogens is 1. The van der Waals surface area contributed by atoms with E-state index in [0.717, 1.165) is 0 Å². The third kappa shape index (κ3) is 2.28. The first-order valence-corrected chi connectivity index (χ1v) is 6.41. The van der Waals surface area contributed by atoms with Crippen molar-refractivity contribution in [2.24, 2.45) is 0 Å². The first kappa shape index (κ1) is 14.0. The van der Waals surface area contributed by atoms with Gasteiger partial charge < -0.3 is 25.0 Å². The molecule has 1 saturated heterocycles. The number of benzene rings is 1. The van der Waals surface area contributed by atoms with Gasteiger partial charge >= 0.3 is 0 Å². The number of aromatic nitrogens is 1. The van der Waals surface area contributed by atoms with Crippen LogP contribution in [0, 0.1) is 10.1 Å². The number of hydrogen-bond donors (Lipinski definition) is 4. The standard InChI is InChI=1S/C13H14N2O6/c16-5-10-11(17)12(18)13(21-10)9-4-6-3-7(15(19)20)1-2-8(6)14-9/h1-4,10-14,16-18H,5H2/t10-,11-,12-,13+/m1/s1. The van der Waals surface area contributed by atoms with E-state index in [-0.39, 0.29) is 5.69 Å². The van der Waals surface area contributed by atoms with Gasteiger partial charge in [0.15, 0.2) is 0 Å². The Morgan fingerprint density at radius 2 is 2.05 bits per heavy atom. The van der Waals surface area contributed by atoms with Crippen LogP contribution >= 0.6 is 0 Å². The minimum absolute atomic E-state index is 0.0331. The number of rotatable bonds is 3. The summed E-state index contributed by atoms with van der Waals surface area (Å²) in [6.07, 6.45) is -4.03. The van der Waals surface area contributed by atoms with Crippen molar-refractivity contribution in [3.63, 3.8) is 0 Å². The third-order valence-corrected chi connectivity index (χ3v) is 3.68. The molecule has 8 nitrogen and oxygen atoms in total. The van der Waals surface area contributed by atoms with Crippen LogP contribution in [0.3, 0.4) is 0 Å². The predicted octanol–water partition coefficient (Wildman–Crippen LogP) is 0.230. The average Bonchev–Trinajstić information content (AvgIpc) is 3.00. The maximum atomic E-state index is 10.8. The van der Waals surface area contributed by atoms with Gasteiger partial charge in [0.05, 0.1) is 11.5 Å². The summed E-state index contributed by atoms with van der Waals surface area (Å²) in [5.41, 5.74) is 1.12. The highest BCUT2D eigenvalue weighted by Gasteiger charge is 2.43. The molecule has 3 rings (SSSR count). The van der Waals surface area contributed by atoms with Crippen molar-refractivity contribution in [2.75, 3.05) is 6.61 Å². The molecule has 112 valence electrons. The highest BCUT2D eigenvalue weighted by molar-refractivity contribution is 5.82. The van der Waals surface area contributed by atoms with Gasteiger partial charge in [-0.3, -0.25) is 10.1 Å². The first-order valence-electron chi connectivity index (χ1n) is 6.41. The number of nitro groups is 1. The average molecular weight is 294 g/mol. The smallest absolute Gasteiger partial charge is 0.270 e. The van der Waals surface area contributed by atoms with Gasteiger partial charge in [0.1, 0.15) is 24.4 Å². The van der Waals surface area contributed by atoms with Crippen molar-refractivity contribution in [1.29, 1.82) is 0 Å². The number of non-ortho nitro benzene ring substituents is 1. The van der Waals surface area contributed by atoms with E-state index >= 15 is 0 Å². The van der Waals surface area contributed by atoms with Crippen LogP contribution in [-0.2, 0) is 4.74 Å². The molecule has 21 heavy (non-hydrogen) atoms. The zero-order chi connectivity index (χ0) is 15.1. The first-order chi connectivity index (χ1) is 10.0. The molecule has 0 bridgehead atoms. The molecule has 1 aromatic heterocycles. The highest BCUT2D eigenvalue weighted by atomic mass is 16.6. The maximum absolute atomic E-state index is 10.8. The molecule has 0 saturated carbocycles. The number of nitrogens with zero attached hydrogens (tertiary/aromatic N) is 1. The lowest BCUT2D eigenvalue weighted by Crippen LogP contribution is -2.32. The fraction of sp³-hybridized carbons (Fsp3) is 0.385. The van der Waals surface area contributed by atoms with Gasteiger partial charge in [-0.1, -0.05) is 0 Å². The summed E-state index contributed by atoms with van der Waals surface area (Å²) >= 11 is 0. The lowest BCUT2D eigenvalue weighted by Gasteiger charge is -2.12. The number of nitrogens with one attached hydrogen (secondary N) is 1. The molecule has 1 aliphatic heterocycles. The van der Waals surface area contributed by atoms with Crippen LogP contribution in [0.25, 0.3) is 10.9 Å². The van der Waals surface area contributed by atoms with E-state index in [4.69, 9.17) is 9.84 Å². The summed E-state index contributed by atoms with van der Waals surface area (Å²) in [6.45, 7) is -0.402. The Kier molecular flexibility index (Phi) is 3.38. The van der Waals surface area contributed by atoms with Crippen LogP contribution in [0.15, 0.2) is 24.3 Å². The number of fused-ring (bicyclic) bond motifs is 1. The lowest BCUT2D eigenvalue weighted by molar-refractivity contribution is -0.384. The second kappa shape index (κ2) is 5.08. The van der Waals surface area contributed by atoms with Crippen LogP contribution in [0.4, 0.5) is 5.69 Å². The normalized spacial score (nSPS) is 29.1. The van der Waals surface area contributed by atoms with Gasteiger partial charge in [-0.2, -0.15) is 0 Å². The molecule has 2 aromatic rings. The quantitative estimate of drug-likeness (QED) is 0.474. The van der Waals surface area contributed by atoms with Crippen LogP contribution in [0.1, 0.15) is 11.8 Å². The Bertz CT molecular complexity index is 684. The molecule has 4 N–H and O–H groups in total. The molecule has 0 aliphatic carbocycles. The zero-order valence-electron chi connectivity index (χ0n) is 10.8. The Morgan fingerprint density at radius 3 is 2.67 bits per heavy atom. The Morgan fingerprint density at radius 1 is 1.29 bits per heavy atom. The summed E-state index contributed by atoms with van der Waals surface area (Å²) < 4.78 is 5.41. The molecular weight excluding hydrogens is 280 g/mol. The molecular formula is C13H14N2O6. The molecule has 1 fully saturated rings. The topological polar surface area (TPSA) is 129 Å².